The zero-order valence-electron chi connectivity index (χ0n) is 8.89. The number of carbonyl (C=O) groups is 1. The Hall–Kier alpha value is -2.17. The Morgan fingerprint density at radius 2 is 2.18 bits per heavy atom. The van der Waals surface area contributed by atoms with E-state index in [1.165, 1.54) is 12.3 Å². The maximum absolute atomic E-state index is 13.4. The van der Waals surface area contributed by atoms with Gasteiger partial charge in [0.25, 0.3) is 0 Å². The summed E-state index contributed by atoms with van der Waals surface area (Å²) in [5.74, 6) is -0.710. The topological polar surface area (TPSA) is 63.3 Å². The second-order valence-electron chi connectivity index (χ2n) is 3.49. The van der Waals surface area contributed by atoms with Crippen LogP contribution in [0.5, 0.6) is 0 Å². The van der Waals surface area contributed by atoms with Crippen LogP contribution in [0, 0.1) is 5.82 Å². The van der Waals surface area contributed by atoms with Crippen LogP contribution in [-0.2, 0) is 11.2 Å². The van der Waals surface area contributed by atoms with E-state index in [2.05, 4.69) is 4.98 Å². The Labute approximate surface area is 96.7 Å². The quantitative estimate of drug-likeness (QED) is 0.884. The molecule has 0 atom stereocenters. The average Bonchev–Trinajstić information content (AvgIpc) is 2.75. The van der Waals surface area contributed by atoms with Gasteiger partial charge in [-0.1, -0.05) is 12.1 Å². The van der Waals surface area contributed by atoms with Gasteiger partial charge in [-0.2, -0.15) is 0 Å². The van der Waals surface area contributed by atoms with Crippen molar-refractivity contribution in [3.63, 3.8) is 0 Å². The lowest BCUT2D eigenvalue weighted by molar-refractivity contribution is -0.137. The number of aliphatic carboxylic acids is 1. The van der Waals surface area contributed by atoms with Crippen LogP contribution in [0.15, 0.2) is 34.9 Å². The van der Waals surface area contributed by atoms with Gasteiger partial charge in [0.05, 0.1) is 18.2 Å². The number of rotatable bonds is 4. The number of hydrogen-bond acceptors (Lipinski definition) is 3. The van der Waals surface area contributed by atoms with E-state index in [1.807, 2.05) is 0 Å². The highest BCUT2D eigenvalue weighted by Gasteiger charge is 2.11. The summed E-state index contributed by atoms with van der Waals surface area (Å²) in [6.07, 6.45) is 1.54. The molecule has 0 saturated carbocycles. The minimum absolute atomic E-state index is 0.0583. The summed E-state index contributed by atoms with van der Waals surface area (Å²) in [4.78, 5) is 14.3. The van der Waals surface area contributed by atoms with Crippen molar-refractivity contribution in [2.75, 3.05) is 0 Å². The lowest BCUT2D eigenvalue weighted by Crippen LogP contribution is -1.97. The zero-order valence-corrected chi connectivity index (χ0v) is 8.89. The number of carboxylic acids is 1. The maximum Gasteiger partial charge on any atom is 0.303 e. The lowest BCUT2D eigenvalue weighted by Gasteiger charge is -1.97. The van der Waals surface area contributed by atoms with Crippen molar-refractivity contribution in [3.8, 4) is 11.3 Å². The van der Waals surface area contributed by atoms with E-state index >= 15 is 0 Å². The van der Waals surface area contributed by atoms with Gasteiger partial charge in [-0.15, -0.1) is 0 Å². The highest BCUT2D eigenvalue weighted by molar-refractivity contribution is 5.66. The normalized spacial score (nSPS) is 10.4. The fraction of sp³-hybridized carbons (Fsp3) is 0.167. The summed E-state index contributed by atoms with van der Waals surface area (Å²) in [5, 5.41) is 8.51. The molecule has 88 valence electrons. The Kier molecular flexibility index (Phi) is 3.18. The van der Waals surface area contributed by atoms with Gasteiger partial charge in [-0.3, -0.25) is 4.79 Å². The number of nitrogens with zero attached hydrogens (tertiary/aromatic N) is 1. The summed E-state index contributed by atoms with van der Waals surface area (Å²) < 4.78 is 18.7. The largest absolute Gasteiger partial charge is 0.481 e. The third kappa shape index (κ3) is 2.69. The van der Waals surface area contributed by atoms with Crippen molar-refractivity contribution in [2.45, 2.75) is 12.8 Å². The molecule has 2 rings (SSSR count). The summed E-state index contributed by atoms with van der Waals surface area (Å²) in [6.45, 7) is 0. The minimum atomic E-state index is -0.921. The number of aromatic nitrogens is 1. The Morgan fingerprint density at radius 3 is 2.88 bits per heavy atom. The predicted molar refractivity (Wildman–Crippen MR) is 57.9 cm³/mol. The van der Waals surface area contributed by atoms with Gasteiger partial charge in [0.1, 0.15) is 5.82 Å². The number of oxazole rings is 1. The number of hydrogen-bond donors (Lipinski definition) is 1. The molecule has 1 aromatic carbocycles. The van der Waals surface area contributed by atoms with Crippen LogP contribution in [0.4, 0.5) is 4.39 Å². The molecule has 0 amide bonds. The van der Waals surface area contributed by atoms with Crippen LogP contribution in [0.1, 0.15) is 12.3 Å². The first-order chi connectivity index (χ1) is 8.16. The molecule has 0 unspecified atom stereocenters. The molecule has 1 heterocycles. The molecule has 0 spiro atoms. The average molecular weight is 235 g/mol. The molecular weight excluding hydrogens is 225 g/mol. The number of aryl methyl sites for hydroxylation is 1. The van der Waals surface area contributed by atoms with Crippen LogP contribution in [0.25, 0.3) is 11.3 Å². The second-order valence-corrected chi connectivity index (χ2v) is 3.49. The standard InChI is InChI=1S/C12H10FNO3/c13-9-4-2-1-3-8(9)10-7-14-11(17-10)5-6-12(15)16/h1-4,7H,5-6H2,(H,15,16). The Balaban J connectivity index is 2.18. The Morgan fingerprint density at radius 1 is 1.41 bits per heavy atom. The van der Waals surface area contributed by atoms with E-state index < -0.39 is 11.8 Å². The fourth-order valence-corrected chi connectivity index (χ4v) is 1.43. The van der Waals surface area contributed by atoms with Crippen LogP contribution in [0.3, 0.4) is 0 Å². The SMILES string of the molecule is O=C(O)CCc1ncc(-c2ccccc2F)o1. The van der Waals surface area contributed by atoms with Crippen molar-refractivity contribution < 1.29 is 18.7 Å². The molecule has 0 bridgehead atoms. The number of carboxylic acid groups (broad SMARTS) is 1. The monoisotopic (exact) mass is 235 g/mol. The molecule has 17 heavy (non-hydrogen) atoms. The van der Waals surface area contributed by atoms with Gasteiger partial charge in [-0.05, 0) is 12.1 Å². The molecule has 0 radical (unpaired) electrons. The van der Waals surface area contributed by atoms with Gasteiger partial charge < -0.3 is 9.52 Å². The lowest BCUT2D eigenvalue weighted by atomic mass is 10.2. The third-order valence-corrected chi connectivity index (χ3v) is 2.25. The van der Waals surface area contributed by atoms with E-state index in [1.54, 1.807) is 18.2 Å². The van der Waals surface area contributed by atoms with Gasteiger partial charge >= 0.3 is 5.97 Å². The molecule has 2 aromatic rings. The summed E-state index contributed by atoms with van der Waals surface area (Å²) in [6, 6.07) is 6.18. The van der Waals surface area contributed by atoms with E-state index in [-0.39, 0.29) is 12.8 Å². The molecule has 0 aliphatic heterocycles. The van der Waals surface area contributed by atoms with E-state index in [4.69, 9.17) is 9.52 Å². The molecule has 0 aliphatic rings. The third-order valence-electron chi connectivity index (χ3n) is 2.25. The van der Waals surface area contributed by atoms with E-state index in [0.29, 0.717) is 17.2 Å². The second kappa shape index (κ2) is 4.78. The van der Waals surface area contributed by atoms with Crippen molar-refractivity contribution in [1.82, 2.24) is 4.98 Å². The van der Waals surface area contributed by atoms with Gasteiger partial charge in [0, 0.05) is 6.42 Å². The van der Waals surface area contributed by atoms with Crippen LogP contribution in [0.2, 0.25) is 0 Å². The Bertz CT molecular complexity index is 536. The minimum Gasteiger partial charge on any atom is -0.481 e. The van der Waals surface area contributed by atoms with Gasteiger partial charge in [0.15, 0.2) is 11.7 Å². The molecule has 0 saturated heterocycles. The molecule has 1 N–H and O–H groups in total. The molecule has 5 heteroatoms. The van der Waals surface area contributed by atoms with Crippen molar-refractivity contribution in [3.05, 3.63) is 42.2 Å². The smallest absolute Gasteiger partial charge is 0.303 e. The van der Waals surface area contributed by atoms with Gasteiger partial charge in [-0.25, -0.2) is 9.37 Å². The van der Waals surface area contributed by atoms with Gasteiger partial charge in [0.2, 0.25) is 0 Å². The molecule has 1 aromatic heterocycles. The zero-order chi connectivity index (χ0) is 12.3. The highest BCUT2D eigenvalue weighted by Crippen LogP contribution is 2.23. The maximum atomic E-state index is 13.4. The first kappa shape index (κ1) is 11.3. The first-order valence-electron chi connectivity index (χ1n) is 5.08. The fourth-order valence-electron chi connectivity index (χ4n) is 1.43. The molecular formula is C12H10FNO3. The van der Waals surface area contributed by atoms with Crippen molar-refractivity contribution >= 4 is 5.97 Å². The number of halogens is 1. The number of benzene rings is 1. The molecule has 0 fully saturated rings. The predicted octanol–water partition coefficient (Wildman–Crippen LogP) is 2.50. The van der Waals surface area contributed by atoms with Crippen molar-refractivity contribution in [1.29, 1.82) is 0 Å². The highest BCUT2D eigenvalue weighted by atomic mass is 19.1. The van der Waals surface area contributed by atoms with E-state index in [0.717, 1.165) is 0 Å². The summed E-state index contributed by atoms with van der Waals surface area (Å²) in [5.41, 5.74) is 0.321. The van der Waals surface area contributed by atoms with Crippen LogP contribution >= 0.6 is 0 Å². The van der Waals surface area contributed by atoms with Crippen LogP contribution in [-0.4, -0.2) is 16.1 Å². The first-order valence-corrected chi connectivity index (χ1v) is 5.08. The van der Waals surface area contributed by atoms with Crippen LogP contribution < -0.4 is 0 Å². The summed E-state index contributed by atoms with van der Waals surface area (Å²) >= 11 is 0. The molecule has 0 aliphatic carbocycles. The summed E-state index contributed by atoms with van der Waals surface area (Å²) in [7, 11) is 0. The van der Waals surface area contributed by atoms with Crippen molar-refractivity contribution in [2.24, 2.45) is 0 Å². The molecule has 4 nitrogen and oxygen atoms in total. The van der Waals surface area contributed by atoms with E-state index in [9.17, 15) is 9.18 Å².